The van der Waals surface area contributed by atoms with E-state index in [0.29, 0.717) is 17.9 Å². The third-order valence-corrected chi connectivity index (χ3v) is 5.38. The van der Waals surface area contributed by atoms with Crippen molar-refractivity contribution < 1.29 is 29.6 Å². The van der Waals surface area contributed by atoms with Crippen LogP contribution in [0.1, 0.15) is 29.6 Å². The molecule has 2 aromatic carbocycles. The number of fused-ring (bicyclic) bond motifs is 3. The lowest BCUT2D eigenvalue weighted by Gasteiger charge is -2.18. The molecule has 2 aromatic rings. The van der Waals surface area contributed by atoms with Crippen LogP contribution in [0, 0.1) is 5.92 Å². The molecule has 6 nitrogen and oxygen atoms in total. The molecule has 1 heterocycles. The van der Waals surface area contributed by atoms with Gasteiger partial charge in [-0.15, -0.1) is 0 Å². The summed E-state index contributed by atoms with van der Waals surface area (Å²) >= 11 is 0. The number of carbonyl (C=O) groups is 1. The van der Waals surface area contributed by atoms with Gasteiger partial charge in [0, 0.05) is 23.8 Å². The van der Waals surface area contributed by atoms with Crippen molar-refractivity contribution in [1.82, 2.24) is 0 Å². The first-order chi connectivity index (χ1) is 13.5. The highest BCUT2D eigenvalue weighted by Gasteiger charge is 2.49. The van der Waals surface area contributed by atoms with E-state index in [0.717, 1.165) is 11.1 Å². The van der Waals surface area contributed by atoms with Crippen molar-refractivity contribution in [1.29, 1.82) is 0 Å². The molecule has 0 radical (unpaired) electrons. The van der Waals surface area contributed by atoms with Gasteiger partial charge in [-0.3, -0.25) is 0 Å². The Balaban J connectivity index is 1.57. The van der Waals surface area contributed by atoms with Gasteiger partial charge in [-0.1, -0.05) is 54.6 Å². The standard InChI is InChI=1S/C22H22O6/c23-16(13-5-2-1-3-6-13)10-9-14-17(24)11-19-21(14)15-7-4-8-18(22(15)28-19)27-12-20(25)26/h1-10,14,16-17,19,21,23-24H,11-12H2,(H,25,26)/t14?,16-,17-,19+,21+/m1/s1. The fourth-order valence-corrected chi connectivity index (χ4v) is 4.13. The second kappa shape index (κ2) is 7.66. The summed E-state index contributed by atoms with van der Waals surface area (Å²) in [7, 11) is 0. The van der Waals surface area contributed by atoms with Crippen molar-refractivity contribution in [2.45, 2.75) is 30.7 Å². The van der Waals surface area contributed by atoms with Crippen molar-refractivity contribution in [2.75, 3.05) is 6.61 Å². The number of carboxylic acids is 1. The summed E-state index contributed by atoms with van der Waals surface area (Å²) in [6.07, 6.45) is 2.49. The van der Waals surface area contributed by atoms with Crippen LogP contribution in [-0.2, 0) is 4.79 Å². The van der Waals surface area contributed by atoms with Crippen LogP contribution in [0.3, 0.4) is 0 Å². The van der Waals surface area contributed by atoms with Gasteiger partial charge in [-0.25, -0.2) is 4.79 Å². The third kappa shape index (κ3) is 3.48. The van der Waals surface area contributed by atoms with E-state index in [1.165, 1.54) is 0 Å². The van der Waals surface area contributed by atoms with Crippen LogP contribution in [0.15, 0.2) is 60.7 Å². The molecule has 0 aromatic heterocycles. The molecular formula is C22H22O6. The Hall–Kier alpha value is -2.83. The highest BCUT2D eigenvalue weighted by atomic mass is 16.5. The maximum absolute atomic E-state index is 10.8. The molecule has 0 saturated heterocycles. The number of aliphatic hydroxyl groups excluding tert-OH is 2. The lowest BCUT2D eigenvalue weighted by atomic mass is 9.87. The maximum Gasteiger partial charge on any atom is 0.341 e. The van der Waals surface area contributed by atoms with Crippen LogP contribution in [0.4, 0.5) is 0 Å². The molecule has 1 aliphatic heterocycles. The Labute approximate surface area is 162 Å². The SMILES string of the molecule is O=C(O)COc1cccc2c1O[C@H]1C[C@@H](O)C(C=C[C@@H](O)c3ccccc3)[C@@H]21. The van der Waals surface area contributed by atoms with Crippen LogP contribution < -0.4 is 9.47 Å². The predicted molar refractivity (Wildman–Crippen MR) is 101 cm³/mol. The average molecular weight is 382 g/mol. The van der Waals surface area contributed by atoms with Gasteiger partial charge in [0.2, 0.25) is 0 Å². The highest BCUT2D eigenvalue weighted by Crippen LogP contribution is 2.53. The zero-order valence-corrected chi connectivity index (χ0v) is 15.1. The molecule has 0 spiro atoms. The summed E-state index contributed by atoms with van der Waals surface area (Å²) in [5.41, 5.74) is 1.68. The predicted octanol–water partition coefficient (Wildman–Crippen LogP) is 2.67. The minimum absolute atomic E-state index is 0.0717. The highest BCUT2D eigenvalue weighted by molar-refractivity contribution is 5.68. The zero-order chi connectivity index (χ0) is 19.7. The zero-order valence-electron chi connectivity index (χ0n) is 15.1. The maximum atomic E-state index is 10.8. The molecule has 0 amide bonds. The molecule has 1 unspecified atom stereocenters. The number of para-hydroxylation sites is 1. The van der Waals surface area contributed by atoms with Crippen molar-refractivity contribution in [3.8, 4) is 11.5 Å². The molecule has 146 valence electrons. The molecule has 28 heavy (non-hydrogen) atoms. The van der Waals surface area contributed by atoms with E-state index < -0.39 is 24.8 Å². The normalized spacial score (nSPS) is 26.5. The lowest BCUT2D eigenvalue weighted by molar-refractivity contribution is -0.139. The van der Waals surface area contributed by atoms with E-state index in [2.05, 4.69) is 0 Å². The van der Waals surface area contributed by atoms with Crippen molar-refractivity contribution >= 4 is 5.97 Å². The largest absolute Gasteiger partial charge is 0.485 e. The number of benzene rings is 2. The van der Waals surface area contributed by atoms with E-state index in [4.69, 9.17) is 14.6 Å². The topological polar surface area (TPSA) is 96.2 Å². The van der Waals surface area contributed by atoms with Crippen LogP contribution in [-0.4, -0.2) is 40.1 Å². The molecule has 1 fully saturated rings. The summed E-state index contributed by atoms with van der Waals surface area (Å²) < 4.78 is 11.4. The van der Waals surface area contributed by atoms with Crippen LogP contribution in [0.2, 0.25) is 0 Å². The molecule has 5 atom stereocenters. The van der Waals surface area contributed by atoms with Crippen LogP contribution in [0.5, 0.6) is 11.5 Å². The first-order valence-electron chi connectivity index (χ1n) is 9.28. The quantitative estimate of drug-likeness (QED) is 0.665. The number of carboxylic acid groups (broad SMARTS) is 1. The first-order valence-corrected chi connectivity index (χ1v) is 9.28. The van der Waals surface area contributed by atoms with E-state index >= 15 is 0 Å². The van der Waals surface area contributed by atoms with Gasteiger partial charge in [-0.05, 0) is 11.6 Å². The number of ether oxygens (including phenoxy) is 2. The second-order valence-electron chi connectivity index (χ2n) is 7.16. The van der Waals surface area contributed by atoms with Crippen LogP contribution in [0.25, 0.3) is 0 Å². The Morgan fingerprint density at radius 3 is 2.75 bits per heavy atom. The lowest BCUT2D eigenvalue weighted by Crippen LogP contribution is -2.16. The number of aliphatic hydroxyl groups is 2. The van der Waals surface area contributed by atoms with E-state index in [9.17, 15) is 15.0 Å². The van der Waals surface area contributed by atoms with Gasteiger partial charge < -0.3 is 24.8 Å². The van der Waals surface area contributed by atoms with Crippen molar-refractivity contribution in [3.05, 3.63) is 71.8 Å². The molecule has 1 aliphatic carbocycles. The van der Waals surface area contributed by atoms with E-state index in [1.807, 2.05) is 42.5 Å². The Morgan fingerprint density at radius 2 is 2.00 bits per heavy atom. The summed E-state index contributed by atoms with van der Waals surface area (Å²) in [5.74, 6) is -0.387. The molecule has 6 heteroatoms. The number of hydrogen-bond donors (Lipinski definition) is 3. The molecule has 0 bridgehead atoms. The molecule has 4 rings (SSSR count). The molecule has 2 aliphatic rings. The Morgan fingerprint density at radius 1 is 1.21 bits per heavy atom. The molecule has 1 saturated carbocycles. The van der Waals surface area contributed by atoms with Gasteiger partial charge in [0.05, 0.1) is 12.2 Å². The van der Waals surface area contributed by atoms with Gasteiger partial charge in [0.15, 0.2) is 18.1 Å². The second-order valence-corrected chi connectivity index (χ2v) is 7.16. The monoisotopic (exact) mass is 382 g/mol. The minimum atomic E-state index is -1.05. The summed E-state index contributed by atoms with van der Waals surface area (Å²) in [6, 6.07) is 14.7. The summed E-state index contributed by atoms with van der Waals surface area (Å²) in [6.45, 7) is -0.440. The Bertz CT molecular complexity index is 878. The summed E-state index contributed by atoms with van der Waals surface area (Å²) in [5, 5.41) is 29.8. The minimum Gasteiger partial charge on any atom is -0.485 e. The van der Waals surface area contributed by atoms with Gasteiger partial charge in [0.1, 0.15) is 6.10 Å². The first kappa shape index (κ1) is 18.5. The molecular weight excluding hydrogens is 360 g/mol. The van der Waals surface area contributed by atoms with Crippen LogP contribution >= 0.6 is 0 Å². The Kier molecular flexibility index (Phi) is 5.07. The number of aliphatic carboxylic acids is 1. The van der Waals surface area contributed by atoms with Crippen molar-refractivity contribution in [2.24, 2.45) is 5.92 Å². The average Bonchev–Trinajstić information content (AvgIpc) is 3.20. The van der Waals surface area contributed by atoms with Gasteiger partial charge in [-0.2, -0.15) is 0 Å². The molecule has 3 N–H and O–H groups in total. The fourth-order valence-electron chi connectivity index (χ4n) is 4.13. The third-order valence-electron chi connectivity index (χ3n) is 5.38. The summed E-state index contributed by atoms with van der Waals surface area (Å²) in [4.78, 5) is 10.8. The number of rotatable bonds is 6. The smallest absolute Gasteiger partial charge is 0.341 e. The fraction of sp³-hybridized carbons (Fsp3) is 0.318. The van der Waals surface area contributed by atoms with E-state index in [1.54, 1.807) is 18.2 Å². The van der Waals surface area contributed by atoms with Gasteiger partial charge >= 0.3 is 5.97 Å². The van der Waals surface area contributed by atoms with Crippen molar-refractivity contribution in [3.63, 3.8) is 0 Å². The van der Waals surface area contributed by atoms with Gasteiger partial charge in [0.25, 0.3) is 0 Å². The number of hydrogen-bond acceptors (Lipinski definition) is 5. The van der Waals surface area contributed by atoms with E-state index in [-0.39, 0.29) is 17.9 Å².